The van der Waals surface area contributed by atoms with Gasteiger partial charge in [-0.25, -0.2) is 8.42 Å². The fraction of sp³-hybridized carbons (Fsp3) is 0.857. The van der Waals surface area contributed by atoms with Crippen LogP contribution in [0.3, 0.4) is 0 Å². The topological polar surface area (TPSA) is 60.4 Å². The molecule has 2 heterocycles. The van der Waals surface area contributed by atoms with Gasteiger partial charge < -0.3 is 9.53 Å². The highest BCUT2D eigenvalue weighted by atomic mass is 32.2. The molecule has 0 unspecified atom stereocenters. The molecule has 0 aromatic heterocycles. The van der Waals surface area contributed by atoms with E-state index in [1.165, 1.54) is 0 Å². The first-order valence-corrected chi connectivity index (χ1v) is 5.65. The van der Waals surface area contributed by atoms with Crippen LogP contribution in [0.2, 0.25) is 0 Å². The van der Waals surface area contributed by atoms with Crippen molar-refractivity contribution in [3.8, 4) is 0 Å². The highest BCUT2D eigenvalue weighted by molar-refractivity contribution is 7.91. The second-order valence-electron chi connectivity index (χ2n) is 3.62. The molecule has 0 spiro atoms. The summed E-state index contributed by atoms with van der Waals surface area (Å²) in [7, 11) is -2.99. The van der Waals surface area contributed by atoms with Gasteiger partial charge in [-0.05, 0) is 0 Å². The molecule has 4 nitrogen and oxygen atoms in total. The summed E-state index contributed by atoms with van der Waals surface area (Å²) in [6.45, 7) is 0.693. The number of hydrogen-bond donors (Lipinski definition) is 0. The van der Waals surface area contributed by atoms with Crippen molar-refractivity contribution in [3.05, 3.63) is 0 Å². The maximum atomic E-state index is 11.2. The molecule has 68 valence electrons. The van der Waals surface area contributed by atoms with Crippen molar-refractivity contribution >= 4 is 16.1 Å². The molecule has 2 fully saturated rings. The molecule has 12 heavy (non-hydrogen) atoms. The lowest BCUT2D eigenvalue weighted by Crippen LogP contribution is -2.30. The Balaban J connectivity index is 2.38. The van der Waals surface area contributed by atoms with Crippen molar-refractivity contribution in [2.75, 3.05) is 24.7 Å². The van der Waals surface area contributed by atoms with Crippen molar-refractivity contribution in [2.24, 2.45) is 11.3 Å². The lowest BCUT2D eigenvalue weighted by Gasteiger charge is -2.15. The van der Waals surface area contributed by atoms with E-state index in [0.29, 0.717) is 6.61 Å². The first kappa shape index (κ1) is 8.19. The van der Waals surface area contributed by atoms with Gasteiger partial charge >= 0.3 is 0 Å². The zero-order valence-corrected chi connectivity index (χ0v) is 7.34. The standard InChI is InChI=1S/C7H10O4S/c8-3-7-4-11-1-6(7)2-12(9,10)5-7/h3,6H,1-2,4-5H2/t6-,7+/m1/s1. The number of carbonyl (C=O) groups excluding carboxylic acids is 1. The Hall–Kier alpha value is -0.420. The largest absolute Gasteiger partial charge is 0.380 e. The van der Waals surface area contributed by atoms with Crippen LogP contribution in [0, 0.1) is 11.3 Å². The van der Waals surface area contributed by atoms with E-state index < -0.39 is 15.3 Å². The van der Waals surface area contributed by atoms with Crippen LogP contribution in [-0.4, -0.2) is 39.4 Å². The Kier molecular flexibility index (Phi) is 1.56. The van der Waals surface area contributed by atoms with Gasteiger partial charge in [0.2, 0.25) is 0 Å². The Morgan fingerprint density at radius 2 is 2.25 bits per heavy atom. The van der Waals surface area contributed by atoms with E-state index in [-0.39, 0.29) is 24.0 Å². The summed E-state index contributed by atoms with van der Waals surface area (Å²) in [5, 5.41) is 0. The first-order valence-electron chi connectivity index (χ1n) is 3.82. The fourth-order valence-electron chi connectivity index (χ4n) is 1.99. The van der Waals surface area contributed by atoms with E-state index >= 15 is 0 Å². The summed E-state index contributed by atoms with van der Waals surface area (Å²) < 4.78 is 27.5. The van der Waals surface area contributed by atoms with Gasteiger partial charge in [-0.3, -0.25) is 0 Å². The third kappa shape index (κ3) is 0.998. The van der Waals surface area contributed by atoms with Gasteiger partial charge in [0.1, 0.15) is 6.29 Å². The SMILES string of the molecule is O=C[C@@]12COC[C@@H]1CS(=O)(=O)C2. The van der Waals surface area contributed by atoms with Crippen molar-refractivity contribution in [1.29, 1.82) is 0 Å². The van der Waals surface area contributed by atoms with Crippen molar-refractivity contribution < 1.29 is 17.9 Å². The quantitative estimate of drug-likeness (QED) is 0.510. The van der Waals surface area contributed by atoms with Crippen molar-refractivity contribution in [2.45, 2.75) is 0 Å². The molecule has 0 aromatic rings. The summed E-state index contributed by atoms with van der Waals surface area (Å²) in [5.41, 5.74) is -0.709. The number of sulfone groups is 1. The highest BCUT2D eigenvalue weighted by Gasteiger charge is 2.54. The summed E-state index contributed by atoms with van der Waals surface area (Å²) in [6.07, 6.45) is 0.759. The number of aldehydes is 1. The normalized spacial score (nSPS) is 44.2. The minimum Gasteiger partial charge on any atom is -0.380 e. The van der Waals surface area contributed by atoms with Crippen molar-refractivity contribution in [1.82, 2.24) is 0 Å². The molecule has 0 aromatic carbocycles. The van der Waals surface area contributed by atoms with Crippen LogP contribution in [0.25, 0.3) is 0 Å². The minimum absolute atomic E-state index is 0.0197. The molecule has 5 heteroatoms. The number of fused-ring (bicyclic) bond motifs is 1. The van der Waals surface area contributed by atoms with Gasteiger partial charge in [-0.2, -0.15) is 0 Å². The third-order valence-electron chi connectivity index (χ3n) is 2.68. The minimum atomic E-state index is -2.99. The fourth-order valence-corrected chi connectivity index (χ4v) is 4.35. The molecule has 0 saturated carbocycles. The molecule has 2 rings (SSSR count). The lowest BCUT2D eigenvalue weighted by atomic mass is 9.83. The molecule has 2 aliphatic rings. The zero-order chi connectivity index (χ0) is 8.82. The number of hydrogen-bond acceptors (Lipinski definition) is 4. The zero-order valence-electron chi connectivity index (χ0n) is 6.52. The van der Waals surface area contributed by atoms with Crippen LogP contribution >= 0.6 is 0 Å². The molecule has 2 saturated heterocycles. The van der Waals surface area contributed by atoms with E-state index in [1.807, 2.05) is 0 Å². The number of rotatable bonds is 1. The van der Waals surface area contributed by atoms with Crippen LogP contribution in [0.15, 0.2) is 0 Å². The summed E-state index contributed by atoms with van der Waals surface area (Å²) in [6, 6.07) is 0. The molecule has 0 radical (unpaired) electrons. The first-order chi connectivity index (χ1) is 5.58. The summed E-state index contributed by atoms with van der Waals surface area (Å²) in [4.78, 5) is 10.8. The maximum Gasteiger partial charge on any atom is 0.151 e. The summed E-state index contributed by atoms with van der Waals surface area (Å²) >= 11 is 0. The van der Waals surface area contributed by atoms with Gasteiger partial charge in [0, 0.05) is 5.92 Å². The second kappa shape index (κ2) is 2.29. The van der Waals surface area contributed by atoms with Crippen molar-refractivity contribution in [3.63, 3.8) is 0 Å². The van der Waals surface area contributed by atoms with E-state index in [2.05, 4.69) is 0 Å². The van der Waals surface area contributed by atoms with Crippen LogP contribution in [0.4, 0.5) is 0 Å². The van der Waals surface area contributed by atoms with E-state index in [1.54, 1.807) is 0 Å². The molecular weight excluding hydrogens is 180 g/mol. The predicted octanol–water partition coefficient (Wildman–Crippen LogP) is -0.753. The van der Waals surface area contributed by atoms with E-state index in [4.69, 9.17) is 4.74 Å². The van der Waals surface area contributed by atoms with Gasteiger partial charge in [0.15, 0.2) is 9.84 Å². The second-order valence-corrected chi connectivity index (χ2v) is 5.73. The van der Waals surface area contributed by atoms with Gasteiger partial charge in [-0.15, -0.1) is 0 Å². The van der Waals surface area contributed by atoms with Gasteiger partial charge in [0.25, 0.3) is 0 Å². The number of carbonyl (C=O) groups is 1. The lowest BCUT2D eigenvalue weighted by molar-refractivity contribution is -0.116. The third-order valence-corrected chi connectivity index (χ3v) is 4.57. The smallest absolute Gasteiger partial charge is 0.151 e. The summed E-state index contributed by atoms with van der Waals surface area (Å²) in [5.74, 6) is -0.0000926. The van der Waals surface area contributed by atoms with Crippen LogP contribution in [0.5, 0.6) is 0 Å². The maximum absolute atomic E-state index is 11.2. The van der Waals surface area contributed by atoms with Crippen LogP contribution in [0.1, 0.15) is 0 Å². The molecular formula is C7H10O4S. The molecule has 0 N–H and O–H groups in total. The van der Waals surface area contributed by atoms with Crippen LogP contribution < -0.4 is 0 Å². The Labute approximate surface area is 70.8 Å². The van der Waals surface area contributed by atoms with E-state index in [0.717, 1.165) is 6.29 Å². The Bertz CT molecular complexity index is 307. The number of ether oxygens (including phenoxy) is 1. The molecule has 2 aliphatic heterocycles. The highest BCUT2D eigenvalue weighted by Crippen LogP contribution is 2.40. The molecule has 0 aliphatic carbocycles. The molecule has 0 amide bonds. The molecule has 2 atom stereocenters. The average molecular weight is 190 g/mol. The monoisotopic (exact) mass is 190 g/mol. The molecule has 0 bridgehead atoms. The predicted molar refractivity (Wildman–Crippen MR) is 41.5 cm³/mol. The Morgan fingerprint density at radius 1 is 1.50 bits per heavy atom. The van der Waals surface area contributed by atoms with Gasteiger partial charge in [-0.1, -0.05) is 0 Å². The average Bonchev–Trinajstić information content (AvgIpc) is 2.40. The van der Waals surface area contributed by atoms with Crippen LogP contribution in [-0.2, 0) is 19.4 Å². The Morgan fingerprint density at radius 3 is 2.83 bits per heavy atom. The van der Waals surface area contributed by atoms with E-state index in [9.17, 15) is 13.2 Å². The van der Waals surface area contributed by atoms with Gasteiger partial charge in [0.05, 0.1) is 30.1 Å².